The van der Waals surface area contributed by atoms with E-state index in [4.69, 9.17) is 33.0 Å². The summed E-state index contributed by atoms with van der Waals surface area (Å²) in [7, 11) is 0. The molecular weight excluding hydrogens is 353 g/mol. The van der Waals surface area contributed by atoms with Crippen molar-refractivity contribution in [2.24, 2.45) is 0 Å². The Morgan fingerprint density at radius 2 is 2.09 bits per heavy atom. The van der Waals surface area contributed by atoms with Crippen LogP contribution in [0.3, 0.4) is 0 Å². The number of carbonyl (C=O) groups excluding carboxylic acids is 1. The Morgan fingerprint density at radius 1 is 1.32 bits per heavy atom. The number of nitrogens with zero attached hydrogens (tertiary/aromatic N) is 2. The van der Waals surface area contributed by atoms with Gasteiger partial charge in [-0.05, 0) is 18.2 Å². The molecule has 2 rings (SSSR count). The van der Waals surface area contributed by atoms with Crippen molar-refractivity contribution in [3.05, 3.63) is 33.3 Å². The maximum absolute atomic E-state index is 11.7. The molecule has 0 saturated heterocycles. The monoisotopic (exact) mass is 361 g/mol. The van der Waals surface area contributed by atoms with Gasteiger partial charge in [0.15, 0.2) is 6.61 Å². The molecule has 116 valence electrons. The summed E-state index contributed by atoms with van der Waals surface area (Å²) in [6.07, 6.45) is -0.246. The van der Waals surface area contributed by atoms with Crippen LogP contribution >= 0.6 is 34.5 Å². The summed E-state index contributed by atoms with van der Waals surface area (Å²) in [6.45, 7) is -0.283. The minimum absolute atomic E-state index is 0.201. The SMILES string of the molecule is O=C(O)Cc1nnc(NC(=O)COc2ccc(Cl)cc2Cl)s1. The van der Waals surface area contributed by atoms with E-state index in [9.17, 15) is 9.59 Å². The number of hydrogen-bond donors (Lipinski definition) is 2. The summed E-state index contributed by atoms with van der Waals surface area (Å²) >= 11 is 12.6. The van der Waals surface area contributed by atoms with Gasteiger partial charge in [0.1, 0.15) is 10.8 Å². The van der Waals surface area contributed by atoms with Gasteiger partial charge in [-0.25, -0.2) is 0 Å². The molecular formula is C12H9Cl2N3O4S. The molecule has 0 radical (unpaired) electrons. The van der Waals surface area contributed by atoms with Crippen molar-refractivity contribution in [2.75, 3.05) is 11.9 Å². The van der Waals surface area contributed by atoms with Gasteiger partial charge in [0.25, 0.3) is 5.91 Å². The Kier molecular flexibility index (Phi) is 5.53. The molecule has 0 atom stereocenters. The predicted octanol–water partition coefficient (Wildman–Crippen LogP) is 2.49. The van der Waals surface area contributed by atoms with Gasteiger partial charge in [-0.15, -0.1) is 10.2 Å². The maximum Gasteiger partial charge on any atom is 0.310 e. The van der Waals surface area contributed by atoms with Gasteiger partial charge in [0, 0.05) is 5.02 Å². The first kappa shape index (κ1) is 16.5. The average Bonchev–Trinajstić information content (AvgIpc) is 2.84. The molecule has 0 aliphatic carbocycles. The van der Waals surface area contributed by atoms with Crippen LogP contribution in [0.1, 0.15) is 5.01 Å². The third-order valence-corrected chi connectivity index (χ3v) is 3.64. The lowest BCUT2D eigenvalue weighted by atomic mass is 10.3. The fourth-order valence-corrected chi connectivity index (χ4v) is 2.61. The van der Waals surface area contributed by atoms with Crippen LogP contribution in [-0.2, 0) is 16.0 Å². The summed E-state index contributed by atoms with van der Waals surface area (Å²) in [4.78, 5) is 22.2. The molecule has 1 amide bonds. The van der Waals surface area contributed by atoms with E-state index in [-0.39, 0.29) is 18.2 Å². The number of aliphatic carboxylic acids is 1. The Labute approximate surface area is 138 Å². The fourth-order valence-electron chi connectivity index (χ4n) is 1.40. The highest BCUT2D eigenvalue weighted by molar-refractivity contribution is 7.15. The number of hydrogen-bond acceptors (Lipinski definition) is 6. The highest BCUT2D eigenvalue weighted by atomic mass is 35.5. The zero-order valence-corrected chi connectivity index (χ0v) is 13.2. The standard InChI is InChI=1S/C12H9Cl2N3O4S/c13-6-1-2-8(7(14)3-6)21-5-9(18)15-12-17-16-10(22-12)4-11(19)20/h1-3H,4-5H2,(H,19,20)(H,15,17,18). The quantitative estimate of drug-likeness (QED) is 0.819. The second kappa shape index (κ2) is 7.39. The topological polar surface area (TPSA) is 101 Å². The van der Waals surface area contributed by atoms with Crippen molar-refractivity contribution in [3.8, 4) is 5.75 Å². The predicted molar refractivity (Wildman–Crippen MR) is 81.8 cm³/mol. The summed E-state index contributed by atoms with van der Waals surface area (Å²) in [6, 6.07) is 4.64. The summed E-state index contributed by atoms with van der Waals surface area (Å²) in [5, 5.41) is 19.6. The Bertz CT molecular complexity index is 707. The number of carboxylic acid groups (broad SMARTS) is 1. The van der Waals surface area contributed by atoms with Gasteiger partial charge in [0.05, 0.1) is 11.4 Å². The second-order valence-electron chi connectivity index (χ2n) is 3.98. The Hall–Kier alpha value is -1.90. The largest absolute Gasteiger partial charge is 0.482 e. The Balaban J connectivity index is 1.87. The number of rotatable bonds is 6. The highest BCUT2D eigenvalue weighted by Crippen LogP contribution is 2.27. The van der Waals surface area contributed by atoms with Gasteiger partial charge < -0.3 is 9.84 Å². The molecule has 1 heterocycles. The Morgan fingerprint density at radius 3 is 2.77 bits per heavy atom. The van der Waals surface area contributed by atoms with Crippen LogP contribution < -0.4 is 10.1 Å². The smallest absolute Gasteiger partial charge is 0.310 e. The summed E-state index contributed by atoms with van der Waals surface area (Å²) < 4.78 is 5.26. The molecule has 2 aromatic rings. The summed E-state index contributed by atoms with van der Waals surface area (Å²) in [5.74, 6) is -1.16. The van der Waals surface area contributed by atoms with Crippen LogP contribution in [0.25, 0.3) is 0 Å². The van der Waals surface area contributed by atoms with E-state index < -0.39 is 11.9 Å². The number of amides is 1. The van der Waals surface area contributed by atoms with Crippen LogP contribution in [0.2, 0.25) is 10.0 Å². The zero-order chi connectivity index (χ0) is 16.1. The van der Waals surface area contributed by atoms with Crippen LogP contribution in [0.4, 0.5) is 5.13 Å². The van der Waals surface area contributed by atoms with Gasteiger partial charge in [-0.3, -0.25) is 14.9 Å². The highest BCUT2D eigenvalue weighted by Gasteiger charge is 2.12. The molecule has 0 aliphatic heterocycles. The number of carboxylic acids is 1. The minimum Gasteiger partial charge on any atom is -0.482 e. The molecule has 0 saturated carbocycles. The number of carbonyl (C=O) groups is 2. The number of ether oxygens (including phenoxy) is 1. The third kappa shape index (κ3) is 4.83. The van der Waals surface area contributed by atoms with Crippen LogP contribution in [0.15, 0.2) is 18.2 Å². The van der Waals surface area contributed by atoms with Gasteiger partial charge in [-0.2, -0.15) is 0 Å². The molecule has 1 aromatic heterocycles. The van der Waals surface area contributed by atoms with E-state index in [1.807, 2.05) is 0 Å². The molecule has 0 spiro atoms. The van der Waals surface area contributed by atoms with Crippen molar-refractivity contribution in [1.82, 2.24) is 10.2 Å². The minimum atomic E-state index is -1.02. The summed E-state index contributed by atoms with van der Waals surface area (Å²) in [5.41, 5.74) is 0. The van der Waals surface area contributed by atoms with E-state index in [0.29, 0.717) is 20.8 Å². The van der Waals surface area contributed by atoms with E-state index in [0.717, 1.165) is 11.3 Å². The molecule has 2 N–H and O–H groups in total. The molecule has 0 bridgehead atoms. The molecule has 7 nitrogen and oxygen atoms in total. The third-order valence-electron chi connectivity index (χ3n) is 2.27. The molecule has 0 fully saturated rings. The lowest BCUT2D eigenvalue weighted by molar-refractivity contribution is -0.136. The van der Waals surface area contributed by atoms with E-state index in [1.165, 1.54) is 6.07 Å². The van der Waals surface area contributed by atoms with Crippen molar-refractivity contribution in [3.63, 3.8) is 0 Å². The van der Waals surface area contributed by atoms with Crippen molar-refractivity contribution < 1.29 is 19.4 Å². The number of nitrogens with one attached hydrogen (secondary N) is 1. The molecule has 1 aromatic carbocycles. The normalized spacial score (nSPS) is 10.3. The molecule has 0 aliphatic rings. The first-order valence-corrected chi connectivity index (χ1v) is 7.43. The molecule has 0 unspecified atom stereocenters. The second-order valence-corrected chi connectivity index (χ2v) is 5.89. The number of halogens is 2. The number of aromatic nitrogens is 2. The van der Waals surface area contributed by atoms with Gasteiger partial charge >= 0.3 is 5.97 Å². The first-order chi connectivity index (χ1) is 10.4. The zero-order valence-electron chi connectivity index (χ0n) is 10.9. The van der Waals surface area contributed by atoms with Crippen molar-refractivity contribution in [1.29, 1.82) is 0 Å². The van der Waals surface area contributed by atoms with Gasteiger partial charge in [-0.1, -0.05) is 34.5 Å². The van der Waals surface area contributed by atoms with Crippen LogP contribution in [0, 0.1) is 0 Å². The number of benzene rings is 1. The van der Waals surface area contributed by atoms with Crippen LogP contribution in [-0.4, -0.2) is 33.8 Å². The van der Waals surface area contributed by atoms with E-state index in [1.54, 1.807) is 12.1 Å². The van der Waals surface area contributed by atoms with E-state index in [2.05, 4.69) is 15.5 Å². The van der Waals surface area contributed by atoms with Gasteiger partial charge in [0.2, 0.25) is 5.13 Å². The first-order valence-electron chi connectivity index (χ1n) is 5.86. The molecule has 10 heteroatoms. The lowest BCUT2D eigenvalue weighted by Gasteiger charge is -2.07. The van der Waals surface area contributed by atoms with Crippen LogP contribution in [0.5, 0.6) is 5.75 Å². The number of anilines is 1. The fraction of sp³-hybridized carbons (Fsp3) is 0.167. The van der Waals surface area contributed by atoms with Crippen molar-refractivity contribution >= 4 is 51.5 Å². The average molecular weight is 362 g/mol. The van der Waals surface area contributed by atoms with Crippen molar-refractivity contribution in [2.45, 2.75) is 6.42 Å². The van der Waals surface area contributed by atoms with E-state index >= 15 is 0 Å². The molecule has 22 heavy (non-hydrogen) atoms. The lowest BCUT2D eigenvalue weighted by Crippen LogP contribution is -2.20. The maximum atomic E-state index is 11.7.